The zero-order valence-corrected chi connectivity index (χ0v) is 11.4. The quantitative estimate of drug-likeness (QED) is 0.787. The summed E-state index contributed by atoms with van der Waals surface area (Å²) in [6.07, 6.45) is 3.28. The van der Waals surface area contributed by atoms with Crippen LogP contribution in [0.1, 0.15) is 36.3 Å². The Morgan fingerprint density at radius 2 is 2.16 bits per heavy atom. The molecule has 0 bridgehead atoms. The molecule has 1 aromatic rings. The van der Waals surface area contributed by atoms with Crippen molar-refractivity contribution in [3.05, 3.63) is 35.4 Å². The van der Waals surface area contributed by atoms with Gasteiger partial charge in [0.05, 0.1) is 13.0 Å². The normalized spacial score (nSPS) is 29.8. The molecule has 3 heteroatoms. The number of esters is 1. The average Bonchev–Trinajstić information content (AvgIpc) is 2.65. The molecule has 0 amide bonds. The molecule has 1 fully saturated rings. The largest absolute Gasteiger partial charge is 0.469 e. The van der Waals surface area contributed by atoms with Gasteiger partial charge >= 0.3 is 5.97 Å². The van der Waals surface area contributed by atoms with E-state index in [2.05, 4.69) is 29.6 Å². The molecule has 1 heterocycles. The number of hydrogen-bond acceptors (Lipinski definition) is 3. The molecule has 3 unspecified atom stereocenters. The molecule has 1 aliphatic heterocycles. The highest BCUT2D eigenvalue weighted by atomic mass is 16.5. The van der Waals surface area contributed by atoms with Gasteiger partial charge in [0.1, 0.15) is 0 Å². The van der Waals surface area contributed by atoms with E-state index < -0.39 is 0 Å². The monoisotopic (exact) mass is 259 g/mol. The van der Waals surface area contributed by atoms with Crippen LogP contribution in [0, 0.1) is 11.8 Å². The van der Waals surface area contributed by atoms with Crippen molar-refractivity contribution in [2.75, 3.05) is 13.7 Å². The van der Waals surface area contributed by atoms with E-state index in [-0.39, 0.29) is 11.9 Å². The Bertz CT molecular complexity index is 472. The Balaban J connectivity index is 1.95. The number of hydrogen-bond donors (Lipinski definition) is 1. The topological polar surface area (TPSA) is 38.3 Å². The van der Waals surface area contributed by atoms with Crippen LogP contribution < -0.4 is 5.32 Å². The third kappa shape index (κ3) is 2.27. The Morgan fingerprint density at radius 1 is 1.32 bits per heavy atom. The standard InChI is InChI=1S/C16H21NO2/c1-19-16(18)14-8-4-7-13-12-6-3-2-5-11(12)9-17-10-15(13)14/h2-3,5-6,13-15,17H,4,7-10H2,1H3. The minimum atomic E-state index is -0.0316. The molecule has 19 heavy (non-hydrogen) atoms. The van der Waals surface area contributed by atoms with Crippen molar-refractivity contribution in [3.8, 4) is 0 Å². The van der Waals surface area contributed by atoms with Gasteiger partial charge < -0.3 is 10.1 Å². The Labute approximate surface area is 114 Å². The van der Waals surface area contributed by atoms with Gasteiger partial charge in [-0.2, -0.15) is 0 Å². The van der Waals surface area contributed by atoms with E-state index in [1.54, 1.807) is 0 Å². The first-order valence-corrected chi connectivity index (χ1v) is 7.17. The van der Waals surface area contributed by atoms with Gasteiger partial charge in [0.25, 0.3) is 0 Å². The maximum Gasteiger partial charge on any atom is 0.309 e. The van der Waals surface area contributed by atoms with Crippen LogP contribution in [0.25, 0.3) is 0 Å². The molecule has 0 spiro atoms. The molecule has 102 valence electrons. The summed E-state index contributed by atoms with van der Waals surface area (Å²) in [4.78, 5) is 12.0. The number of carbonyl (C=O) groups is 1. The lowest BCUT2D eigenvalue weighted by atomic mass is 9.69. The molecule has 1 N–H and O–H groups in total. The highest BCUT2D eigenvalue weighted by molar-refractivity contribution is 5.73. The van der Waals surface area contributed by atoms with E-state index in [4.69, 9.17) is 4.74 Å². The fourth-order valence-corrected chi connectivity index (χ4v) is 3.81. The van der Waals surface area contributed by atoms with Gasteiger partial charge in [0.2, 0.25) is 0 Å². The summed E-state index contributed by atoms with van der Waals surface area (Å²) in [6, 6.07) is 8.65. The second-order valence-electron chi connectivity index (χ2n) is 5.66. The van der Waals surface area contributed by atoms with Crippen LogP contribution in [0.5, 0.6) is 0 Å². The molecule has 3 nitrogen and oxygen atoms in total. The summed E-state index contributed by atoms with van der Waals surface area (Å²) in [6.45, 7) is 1.83. The third-order valence-corrected chi connectivity index (χ3v) is 4.72. The molecule has 1 aliphatic carbocycles. The molecule has 3 atom stereocenters. The van der Waals surface area contributed by atoms with Crippen LogP contribution in [0.3, 0.4) is 0 Å². The maximum atomic E-state index is 12.0. The smallest absolute Gasteiger partial charge is 0.309 e. The third-order valence-electron chi connectivity index (χ3n) is 4.72. The zero-order valence-electron chi connectivity index (χ0n) is 11.4. The molecule has 1 saturated carbocycles. The number of ether oxygens (including phenoxy) is 1. The molecule has 0 radical (unpaired) electrons. The maximum absolute atomic E-state index is 12.0. The lowest BCUT2D eigenvalue weighted by molar-refractivity contribution is -0.149. The van der Waals surface area contributed by atoms with Crippen LogP contribution >= 0.6 is 0 Å². The second kappa shape index (κ2) is 5.33. The van der Waals surface area contributed by atoms with E-state index in [9.17, 15) is 4.79 Å². The summed E-state index contributed by atoms with van der Waals surface area (Å²) >= 11 is 0. The summed E-state index contributed by atoms with van der Waals surface area (Å²) in [5.74, 6) is 0.909. The predicted octanol–water partition coefficient (Wildman–Crippen LogP) is 2.46. The number of carbonyl (C=O) groups excluding carboxylic acids is 1. The minimum absolute atomic E-state index is 0.0316. The fraction of sp³-hybridized carbons (Fsp3) is 0.562. The van der Waals surface area contributed by atoms with Gasteiger partial charge in [0, 0.05) is 6.54 Å². The van der Waals surface area contributed by atoms with Gasteiger partial charge in [0.15, 0.2) is 0 Å². The highest BCUT2D eigenvalue weighted by Gasteiger charge is 2.40. The van der Waals surface area contributed by atoms with Crippen LogP contribution in [0.2, 0.25) is 0 Å². The van der Waals surface area contributed by atoms with Crippen molar-refractivity contribution in [3.63, 3.8) is 0 Å². The number of methoxy groups -OCH3 is 1. The van der Waals surface area contributed by atoms with Crippen molar-refractivity contribution >= 4 is 5.97 Å². The zero-order chi connectivity index (χ0) is 13.2. The van der Waals surface area contributed by atoms with E-state index in [0.29, 0.717) is 11.8 Å². The molecule has 3 rings (SSSR count). The average molecular weight is 259 g/mol. The predicted molar refractivity (Wildman–Crippen MR) is 73.7 cm³/mol. The first-order valence-electron chi connectivity index (χ1n) is 7.17. The number of benzene rings is 1. The molecular weight excluding hydrogens is 238 g/mol. The minimum Gasteiger partial charge on any atom is -0.469 e. The summed E-state index contributed by atoms with van der Waals surface area (Å²) in [7, 11) is 1.50. The van der Waals surface area contributed by atoms with Gasteiger partial charge in [-0.3, -0.25) is 4.79 Å². The molecule has 0 aromatic heterocycles. The van der Waals surface area contributed by atoms with E-state index >= 15 is 0 Å². The van der Waals surface area contributed by atoms with E-state index in [1.807, 2.05) is 0 Å². The van der Waals surface area contributed by atoms with Crippen molar-refractivity contribution in [1.82, 2.24) is 5.32 Å². The number of nitrogens with one attached hydrogen (secondary N) is 1. The lowest BCUT2D eigenvalue weighted by Crippen LogP contribution is -2.37. The van der Waals surface area contributed by atoms with Crippen molar-refractivity contribution in [1.29, 1.82) is 0 Å². The van der Waals surface area contributed by atoms with E-state index in [0.717, 1.165) is 25.9 Å². The summed E-state index contributed by atoms with van der Waals surface area (Å²) in [5.41, 5.74) is 2.83. The lowest BCUT2D eigenvalue weighted by Gasteiger charge is -2.36. The molecule has 1 aromatic carbocycles. The van der Waals surface area contributed by atoms with E-state index in [1.165, 1.54) is 24.7 Å². The summed E-state index contributed by atoms with van der Waals surface area (Å²) in [5, 5.41) is 3.50. The van der Waals surface area contributed by atoms with Crippen molar-refractivity contribution in [2.24, 2.45) is 11.8 Å². The van der Waals surface area contributed by atoms with Gasteiger partial charge in [-0.15, -0.1) is 0 Å². The SMILES string of the molecule is COC(=O)C1CCCC2c3ccccc3CNCC12. The van der Waals surface area contributed by atoms with Crippen LogP contribution in [0.15, 0.2) is 24.3 Å². The van der Waals surface area contributed by atoms with Gasteiger partial charge in [-0.05, 0) is 42.3 Å². The first kappa shape index (κ1) is 12.7. The Kier molecular flexibility index (Phi) is 3.56. The van der Waals surface area contributed by atoms with Crippen molar-refractivity contribution < 1.29 is 9.53 Å². The Morgan fingerprint density at radius 3 is 3.00 bits per heavy atom. The molecule has 0 saturated heterocycles. The fourth-order valence-electron chi connectivity index (χ4n) is 3.81. The highest BCUT2D eigenvalue weighted by Crippen LogP contribution is 2.43. The van der Waals surface area contributed by atoms with Gasteiger partial charge in [-0.25, -0.2) is 0 Å². The second-order valence-corrected chi connectivity index (χ2v) is 5.66. The Hall–Kier alpha value is -1.35. The van der Waals surface area contributed by atoms with Crippen LogP contribution in [0.4, 0.5) is 0 Å². The molecule has 2 aliphatic rings. The van der Waals surface area contributed by atoms with Crippen molar-refractivity contribution in [2.45, 2.75) is 31.7 Å². The number of fused-ring (bicyclic) bond motifs is 3. The van der Waals surface area contributed by atoms with Crippen LogP contribution in [-0.4, -0.2) is 19.6 Å². The van der Waals surface area contributed by atoms with Crippen LogP contribution in [-0.2, 0) is 16.1 Å². The molecular formula is C16H21NO2. The first-order chi connectivity index (χ1) is 9.31. The summed E-state index contributed by atoms with van der Waals surface area (Å²) < 4.78 is 5.00. The number of rotatable bonds is 1. The van der Waals surface area contributed by atoms with Gasteiger partial charge in [-0.1, -0.05) is 30.7 Å².